The summed E-state index contributed by atoms with van der Waals surface area (Å²) in [6.07, 6.45) is -0.312. The first-order valence-corrected chi connectivity index (χ1v) is 9.82. The Morgan fingerprint density at radius 1 is 1.29 bits per heavy atom. The van der Waals surface area contributed by atoms with E-state index in [9.17, 15) is 22.0 Å². The lowest BCUT2D eigenvalue weighted by Crippen LogP contribution is -2.47. The van der Waals surface area contributed by atoms with Gasteiger partial charge in [-0.1, -0.05) is 18.2 Å². The van der Waals surface area contributed by atoms with Crippen molar-refractivity contribution in [3.05, 3.63) is 58.0 Å². The third kappa shape index (κ3) is 3.64. The summed E-state index contributed by atoms with van der Waals surface area (Å²) in [5.41, 5.74) is -1.62. The largest absolute Gasteiger partial charge is 0.274 e. The SMILES string of the molecule is O=C(NS(=O)(=O)Cc1cccs1)C1CC(F)(c2cccc(F)c2)C1. The van der Waals surface area contributed by atoms with Gasteiger partial charge in [-0.05, 0) is 42.0 Å². The lowest BCUT2D eigenvalue weighted by Gasteiger charge is -2.40. The minimum atomic E-state index is -3.81. The van der Waals surface area contributed by atoms with Crippen LogP contribution in [0.5, 0.6) is 0 Å². The fourth-order valence-electron chi connectivity index (χ4n) is 2.76. The first-order chi connectivity index (χ1) is 11.3. The monoisotopic (exact) mass is 371 g/mol. The van der Waals surface area contributed by atoms with Gasteiger partial charge in [-0.15, -0.1) is 11.3 Å². The number of amides is 1. The summed E-state index contributed by atoms with van der Waals surface area (Å²) < 4.78 is 53.8. The van der Waals surface area contributed by atoms with Gasteiger partial charge in [-0.25, -0.2) is 17.2 Å². The molecule has 3 rings (SSSR count). The van der Waals surface area contributed by atoms with E-state index in [1.807, 2.05) is 4.72 Å². The Balaban J connectivity index is 1.60. The van der Waals surface area contributed by atoms with Crippen LogP contribution in [-0.4, -0.2) is 14.3 Å². The zero-order valence-electron chi connectivity index (χ0n) is 12.5. The Labute approximate surface area is 142 Å². The van der Waals surface area contributed by atoms with Crippen LogP contribution in [0, 0.1) is 11.7 Å². The van der Waals surface area contributed by atoms with E-state index in [4.69, 9.17) is 0 Å². The quantitative estimate of drug-likeness (QED) is 0.878. The van der Waals surface area contributed by atoms with Crippen LogP contribution >= 0.6 is 11.3 Å². The molecule has 8 heteroatoms. The summed E-state index contributed by atoms with van der Waals surface area (Å²) in [5.74, 6) is -2.28. The van der Waals surface area contributed by atoms with Crippen molar-refractivity contribution in [2.24, 2.45) is 5.92 Å². The van der Waals surface area contributed by atoms with E-state index in [2.05, 4.69) is 0 Å². The second-order valence-electron chi connectivity index (χ2n) is 5.89. The molecule has 1 saturated carbocycles. The second-order valence-corrected chi connectivity index (χ2v) is 8.64. The van der Waals surface area contributed by atoms with Gasteiger partial charge in [0.05, 0.1) is 0 Å². The third-order valence-electron chi connectivity index (χ3n) is 4.02. The van der Waals surface area contributed by atoms with Gasteiger partial charge in [0.15, 0.2) is 0 Å². The van der Waals surface area contributed by atoms with Crippen molar-refractivity contribution in [3.63, 3.8) is 0 Å². The van der Waals surface area contributed by atoms with Gasteiger partial charge >= 0.3 is 0 Å². The number of carbonyl (C=O) groups is 1. The zero-order chi connectivity index (χ0) is 17.4. The maximum atomic E-state index is 14.7. The van der Waals surface area contributed by atoms with Crippen LogP contribution in [0.3, 0.4) is 0 Å². The number of carbonyl (C=O) groups excluding carboxylic acids is 1. The van der Waals surface area contributed by atoms with Crippen molar-refractivity contribution in [1.29, 1.82) is 0 Å². The number of benzene rings is 1. The molecule has 1 heterocycles. The lowest BCUT2D eigenvalue weighted by molar-refractivity contribution is -0.132. The first kappa shape index (κ1) is 17.0. The van der Waals surface area contributed by atoms with Crippen LogP contribution in [-0.2, 0) is 26.2 Å². The van der Waals surface area contributed by atoms with Crippen molar-refractivity contribution < 1.29 is 22.0 Å². The molecule has 1 aliphatic rings. The molecule has 1 fully saturated rings. The normalized spacial score (nSPS) is 23.5. The Bertz CT molecular complexity index is 844. The molecule has 1 aliphatic carbocycles. The van der Waals surface area contributed by atoms with Crippen LogP contribution in [0.4, 0.5) is 8.78 Å². The van der Waals surface area contributed by atoms with Gasteiger partial charge in [0.25, 0.3) is 0 Å². The predicted molar refractivity (Wildman–Crippen MR) is 87.0 cm³/mol. The van der Waals surface area contributed by atoms with Crippen molar-refractivity contribution in [1.82, 2.24) is 4.72 Å². The van der Waals surface area contributed by atoms with Gasteiger partial charge < -0.3 is 0 Å². The average Bonchev–Trinajstić information content (AvgIpc) is 2.95. The summed E-state index contributed by atoms with van der Waals surface area (Å²) in [4.78, 5) is 12.6. The van der Waals surface area contributed by atoms with Crippen LogP contribution in [0.25, 0.3) is 0 Å². The molecule has 2 aromatic rings. The smallest absolute Gasteiger partial charge is 0.239 e. The average molecular weight is 371 g/mol. The lowest BCUT2D eigenvalue weighted by atomic mass is 9.68. The number of halogens is 2. The number of nitrogens with one attached hydrogen (secondary N) is 1. The number of rotatable bonds is 5. The highest BCUT2D eigenvalue weighted by molar-refractivity contribution is 7.89. The molecule has 4 nitrogen and oxygen atoms in total. The molecule has 0 aliphatic heterocycles. The van der Waals surface area contributed by atoms with E-state index in [1.54, 1.807) is 17.5 Å². The molecule has 1 aromatic carbocycles. The number of hydrogen-bond donors (Lipinski definition) is 1. The molecule has 0 bridgehead atoms. The number of alkyl halides is 1. The highest BCUT2D eigenvalue weighted by atomic mass is 32.2. The molecular weight excluding hydrogens is 356 g/mol. The summed E-state index contributed by atoms with van der Waals surface area (Å²) >= 11 is 1.28. The molecule has 1 amide bonds. The Morgan fingerprint density at radius 3 is 2.67 bits per heavy atom. The minimum absolute atomic E-state index is 0.156. The van der Waals surface area contributed by atoms with E-state index in [1.165, 1.54) is 29.5 Å². The maximum Gasteiger partial charge on any atom is 0.239 e. The van der Waals surface area contributed by atoms with E-state index in [-0.39, 0.29) is 24.2 Å². The molecular formula is C16H15F2NO3S2. The van der Waals surface area contributed by atoms with Crippen LogP contribution in [0.2, 0.25) is 0 Å². The molecule has 0 spiro atoms. The molecule has 0 atom stereocenters. The molecule has 0 unspecified atom stereocenters. The van der Waals surface area contributed by atoms with Gasteiger partial charge in [0.2, 0.25) is 15.9 Å². The predicted octanol–water partition coefficient (Wildman–Crippen LogP) is 3.11. The Morgan fingerprint density at radius 2 is 2.04 bits per heavy atom. The van der Waals surface area contributed by atoms with Crippen molar-refractivity contribution in [2.45, 2.75) is 24.3 Å². The van der Waals surface area contributed by atoms with E-state index in [0.29, 0.717) is 4.88 Å². The van der Waals surface area contributed by atoms with E-state index >= 15 is 0 Å². The van der Waals surface area contributed by atoms with Crippen molar-refractivity contribution in [2.75, 3.05) is 0 Å². The van der Waals surface area contributed by atoms with Gasteiger partial charge in [-0.2, -0.15) is 0 Å². The van der Waals surface area contributed by atoms with E-state index < -0.39 is 33.3 Å². The van der Waals surface area contributed by atoms with E-state index in [0.717, 1.165) is 6.07 Å². The summed E-state index contributed by atoms with van der Waals surface area (Å²) in [6, 6.07) is 8.57. The van der Waals surface area contributed by atoms with Gasteiger partial charge in [0.1, 0.15) is 17.2 Å². The number of thiophene rings is 1. The summed E-state index contributed by atoms with van der Waals surface area (Å²) in [6.45, 7) is 0. The summed E-state index contributed by atoms with van der Waals surface area (Å²) in [5, 5.41) is 1.75. The highest BCUT2D eigenvalue weighted by Crippen LogP contribution is 2.49. The molecule has 24 heavy (non-hydrogen) atoms. The molecule has 0 saturated heterocycles. The van der Waals surface area contributed by atoms with Crippen LogP contribution < -0.4 is 4.72 Å². The highest BCUT2D eigenvalue weighted by Gasteiger charge is 2.49. The topological polar surface area (TPSA) is 63.2 Å². The maximum absolute atomic E-state index is 14.7. The zero-order valence-corrected chi connectivity index (χ0v) is 14.2. The van der Waals surface area contributed by atoms with Crippen LogP contribution in [0.15, 0.2) is 41.8 Å². The van der Waals surface area contributed by atoms with Gasteiger partial charge in [-0.3, -0.25) is 9.52 Å². The fraction of sp³-hybridized carbons (Fsp3) is 0.312. The van der Waals surface area contributed by atoms with Gasteiger partial charge in [0, 0.05) is 10.8 Å². The second kappa shape index (κ2) is 6.25. The van der Waals surface area contributed by atoms with Crippen molar-refractivity contribution >= 4 is 27.3 Å². The molecule has 1 aromatic heterocycles. The molecule has 128 valence electrons. The fourth-order valence-corrected chi connectivity index (χ4v) is 5.01. The summed E-state index contributed by atoms with van der Waals surface area (Å²) in [7, 11) is -3.81. The number of sulfonamides is 1. The standard InChI is InChI=1S/C16H15F2NO3S2/c17-13-4-1-3-12(7-13)16(18)8-11(9-16)15(20)19-24(21,22)10-14-5-2-6-23-14/h1-7,11H,8-10H2,(H,19,20). The van der Waals surface area contributed by atoms with Crippen LogP contribution in [0.1, 0.15) is 23.3 Å². The molecule has 1 N–H and O–H groups in total. The minimum Gasteiger partial charge on any atom is -0.274 e. The van der Waals surface area contributed by atoms with Crippen molar-refractivity contribution in [3.8, 4) is 0 Å². The number of hydrogen-bond acceptors (Lipinski definition) is 4. The Hall–Kier alpha value is -1.80. The Kier molecular flexibility index (Phi) is 4.44. The molecule has 0 radical (unpaired) electrons. The first-order valence-electron chi connectivity index (χ1n) is 7.29. The third-order valence-corrected chi connectivity index (χ3v) is 6.28.